The van der Waals surface area contributed by atoms with Crippen LogP contribution >= 0.6 is 11.3 Å². The predicted molar refractivity (Wildman–Crippen MR) is 163 cm³/mol. The highest BCUT2D eigenvalue weighted by atomic mass is 32.1. The number of carboxylic acid groups (broad SMARTS) is 1. The monoisotopic (exact) mass is 628 g/mol. The van der Waals surface area contributed by atoms with E-state index in [1.807, 2.05) is 24.3 Å². The Kier molecular flexibility index (Phi) is 9.05. The Bertz CT molecular complexity index is 1450. The number of benzene rings is 1. The molecule has 3 heterocycles. The van der Waals surface area contributed by atoms with Crippen LogP contribution < -0.4 is 20.1 Å². The molecule has 5 atom stereocenters. The van der Waals surface area contributed by atoms with Crippen molar-refractivity contribution in [1.29, 1.82) is 0 Å². The van der Waals surface area contributed by atoms with E-state index in [1.165, 1.54) is 16.2 Å². The van der Waals surface area contributed by atoms with Crippen molar-refractivity contribution < 1.29 is 38.5 Å². The lowest BCUT2D eigenvalue weighted by molar-refractivity contribution is -0.145. The summed E-state index contributed by atoms with van der Waals surface area (Å²) in [5, 5.41) is 15.9. The van der Waals surface area contributed by atoms with E-state index < -0.39 is 53.2 Å². The number of allylic oxidation sites excluding steroid dienone is 1. The minimum Gasteiger partial charge on any atom is -0.497 e. The number of carbonyl (C=O) groups excluding carboxylic acids is 3. The van der Waals surface area contributed by atoms with Crippen molar-refractivity contribution in [2.45, 2.75) is 95.0 Å². The number of ether oxygens (including phenoxy) is 3. The molecule has 0 unspecified atom stereocenters. The van der Waals surface area contributed by atoms with E-state index in [0.717, 1.165) is 29.5 Å². The highest BCUT2D eigenvalue weighted by molar-refractivity contribution is 7.20. The number of hydrogen-bond donors (Lipinski definition) is 3. The highest BCUT2D eigenvalue weighted by Gasteiger charge is 2.61. The molecule has 0 bridgehead atoms. The van der Waals surface area contributed by atoms with Crippen molar-refractivity contribution >= 4 is 45.4 Å². The van der Waals surface area contributed by atoms with Gasteiger partial charge < -0.3 is 34.9 Å². The number of rotatable bonds is 5. The SMILES string of the molecule is COc1ccc2nc(O[C@@H]3C[C@H]4C(=O)N[C@]5(C(=O)O)C[C@H]5/C=C\CCCCC[C@H](NC(=O)OC(C)(C)C)C(=O)N4C3)sc2c1. The minimum atomic E-state index is -1.42. The van der Waals surface area contributed by atoms with Gasteiger partial charge in [0, 0.05) is 12.3 Å². The van der Waals surface area contributed by atoms with Crippen LogP contribution in [0.3, 0.4) is 0 Å². The number of nitrogens with one attached hydrogen (secondary N) is 2. The molecular weight excluding hydrogens is 588 g/mol. The fourth-order valence-electron chi connectivity index (χ4n) is 5.80. The zero-order valence-electron chi connectivity index (χ0n) is 25.5. The number of aromatic nitrogens is 1. The summed E-state index contributed by atoms with van der Waals surface area (Å²) in [4.78, 5) is 58.9. The maximum atomic E-state index is 14.1. The largest absolute Gasteiger partial charge is 0.497 e. The van der Waals surface area contributed by atoms with Gasteiger partial charge in [-0.25, -0.2) is 14.6 Å². The van der Waals surface area contributed by atoms with E-state index in [-0.39, 0.29) is 25.3 Å². The van der Waals surface area contributed by atoms with Crippen molar-refractivity contribution in [3.63, 3.8) is 0 Å². The van der Waals surface area contributed by atoms with Gasteiger partial charge in [-0.1, -0.05) is 36.3 Å². The van der Waals surface area contributed by atoms with Crippen molar-refractivity contribution in [3.8, 4) is 10.9 Å². The lowest BCUT2D eigenvalue weighted by Gasteiger charge is -2.30. The molecule has 3 aliphatic rings. The zero-order valence-corrected chi connectivity index (χ0v) is 26.3. The molecule has 0 spiro atoms. The third-order valence-electron chi connectivity index (χ3n) is 8.16. The first-order valence-electron chi connectivity index (χ1n) is 15.0. The van der Waals surface area contributed by atoms with Gasteiger partial charge in [-0.05, 0) is 64.7 Å². The molecule has 3 amide bonds. The molecule has 1 saturated heterocycles. The second-order valence-electron chi connectivity index (χ2n) is 12.6. The van der Waals surface area contributed by atoms with E-state index in [2.05, 4.69) is 15.6 Å². The lowest BCUT2D eigenvalue weighted by Crippen LogP contribution is -2.56. The van der Waals surface area contributed by atoms with Crippen LogP contribution in [0.2, 0.25) is 0 Å². The molecule has 238 valence electrons. The molecular formula is C31H40N4O8S. The van der Waals surface area contributed by atoms with Gasteiger partial charge in [-0.15, -0.1) is 0 Å². The van der Waals surface area contributed by atoms with E-state index >= 15 is 0 Å². The molecule has 2 fully saturated rings. The first-order valence-corrected chi connectivity index (χ1v) is 15.8. The van der Waals surface area contributed by atoms with Crippen molar-refractivity contribution in [3.05, 3.63) is 30.4 Å². The second-order valence-corrected chi connectivity index (χ2v) is 13.6. The number of methoxy groups -OCH3 is 1. The van der Waals surface area contributed by atoms with Gasteiger partial charge >= 0.3 is 12.1 Å². The van der Waals surface area contributed by atoms with Gasteiger partial charge in [0.05, 0.1) is 23.9 Å². The van der Waals surface area contributed by atoms with Gasteiger partial charge in [-0.3, -0.25) is 9.59 Å². The number of aliphatic carboxylic acids is 1. The molecule has 44 heavy (non-hydrogen) atoms. The summed E-state index contributed by atoms with van der Waals surface area (Å²) in [5.74, 6) is -1.76. The predicted octanol–water partition coefficient (Wildman–Crippen LogP) is 4.03. The number of amides is 3. The summed E-state index contributed by atoms with van der Waals surface area (Å²) in [6.07, 6.45) is 6.37. The normalized spacial score (nSPS) is 28.5. The molecule has 5 rings (SSSR count). The zero-order chi connectivity index (χ0) is 31.6. The molecule has 1 aromatic carbocycles. The molecule has 1 aliphatic carbocycles. The molecule has 2 aliphatic heterocycles. The Morgan fingerprint density at radius 1 is 1.20 bits per heavy atom. The Hall–Kier alpha value is -3.87. The average Bonchev–Trinajstić information content (AvgIpc) is 3.27. The number of nitrogens with zero attached hydrogens (tertiary/aromatic N) is 2. The summed E-state index contributed by atoms with van der Waals surface area (Å²) in [7, 11) is 1.58. The lowest BCUT2D eigenvalue weighted by atomic mass is 10.0. The third kappa shape index (κ3) is 7.09. The number of alkyl carbamates (subject to hydrolysis) is 1. The van der Waals surface area contributed by atoms with Gasteiger partial charge in [0.1, 0.15) is 35.1 Å². The smallest absolute Gasteiger partial charge is 0.408 e. The first kappa shape index (κ1) is 31.6. The van der Waals surface area contributed by atoms with Crippen LogP contribution in [0, 0.1) is 5.92 Å². The molecule has 0 radical (unpaired) electrons. The van der Waals surface area contributed by atoms with Crippen LogP contribution in [0.5, 0.6) is 10.9 Å². The Morgan fingerprint density at radius 2 is 2.00 bits per heavy atom. The summed E-state index contributed by atoms with van der Waals surface area (Å²) in [5.41, 5.74) is -1.45. The van der Waals surface area contributed by atoms with Gasteiger partial charge in [0.2, 0.25) is 11.8 Å². The molecule has 3 N–H and O–H groups in total. The molecule has 13 heteroatoms. The Balaban J connectivity index is 1.41. The molecule has 1 saturated carbocycles. The topological polar surface area (TPSA) is 156 Å². The van der Waals surface area contributed by atoms with Crippen LogP contribution in [-0.2, 0) is 19.1 Å². The summed E-state index contributed by atoms with van der Waals surface area (Å²) in [6, 6.07) is 3.55. The number of carbonyl (C=O) groups is 4. The minimum absolute atomic E-state index is 0.0616. The summed E-state index contributed by atoms with van der Waals surface area (Å²) >= 11 is 1.32. The van der Waals surface area contributed by atoms with Crippen molar-refractivity contribution in [2.75, 3.05) is 13.7 Å². The van der Waals surface area contributed by atoms with Crippen molar-refractivity contribution in [1.82, 2.24) is 20.5 Å². The quantitative estimate of drug-likeness (QED) is 0.416. The molecule has 2 aromatic rings. The number of carboxylic acids is 1. The number of hydrogen-bond acceptors (Lipinski definition) is 9. The number of fused-ring (bicyclic) bond motifs is 3. The maximum absolute atomic E-state index is 14.1. The first-order chi connectivity index (χ1) is 20.9. The van der Waals surface area contributed by atoms with Gasteiger partial charge in [0.15, 0.2) is 0 Å². The van der Waals surface area contributed by atoms with Crippen molar-refractivity contribution in [2.24, 2.45) is 5.92 Å². The fourth-order valence-corrected chi connectivity index (χ4v) is 6.71. The Labute approximate surface area is 260 Å². The Morgan fingerprint density at radius 3 is 2.73 bits per heavy atom. The average molecular weight is 629 g/mol. The van der Waals surface area contributed by atoms with Gasteiger partial charge in [0.25, 0.3) is 5.19 Å². The molecule has 12 nitrogen and oxygen atoms in total. The fraction of sp³-hybridized carbons (Fsp3) is 0.581. The van der Waals surface area contributed by atoms with E-state index in [9.17, 15) is 24.3 Å². The van der Waals surface area contributed by atoms with E-state index in [0.29, 0.717) is 23.8 Å². The van der Waals surface area contributed by atoms with Crippen LogP contribution in [-0.4, -0.2) is 81.8 Å². The summed E-state index contributed by atoms with van der Waals surface area (Å²) in [6.45, 7) is 5.28. The van der Waals surface area contributed by atoms with Gasteiger partial charge in [-0.2, -0.15) is 0 Å². The van der Waals surface area contributed by atoms with Crippen LogP contribution in [0.4, 0.5) is 4.79 Å². The van der Waals surface area contributed by atoms with Crippen LogP contribution in [0.25, 0.3) is 10.2 Å². The summed E-state index contributed by atoms with van der Waals surface area (Å²) < 4.78 is 17.8. The van der Waals surface area contributed by atoms with E-state index in [4.69, 9.17) is 14.2 Å². The van der Waals surface area contributed by atoms with Crippen LogP contribution in [0.15, 0.2) is 30.4 Å². The van der Waals surface area contributed by atoms with Crippen LogP contribution in [0.1, 0.15) is 65.7 Å². The highest BCUT2D eigenvalue weighted by Crippen LogP contribution is 2.45. The standard InChI is InChI=1S/C31H40N4O8S/c1-30(2,3)43-28(40)32-22-11-9-7-5-6-8-10-18-16-31(18,27(38)39)34-25(36)23-14-20(17-35(23)26(22)37)42-29-33-21-13-12-19(41-4)15-24(21)44-29/h8,10,12-13,15,18,20,22-23H,5-7,9,11,14,16-17H2,1-4H3,(H,32,40)(H,34,36)(H,38,39)/b10-8-/t18-,20-,22+,23+,31-/m1/s1. The second kappa shape index (κ2) is 12.6. The maximum Gasteiger partial charge on any atom is 0.408 e. The molecule has 1 aromatic heterocycles. The van der Waals surface area contributed by atoms with E-state index in [1.54, 1.807) is 33.9 Å². The number of thiazole rings is 1. The third-order valence-corrected chi connectivity index (χ3v) is 9.06.